The monoisotopic (exact) mass is 890 g/mol. The molecular weight excluding hydrogens is 845 g/mol. The van der Waals surface area contributed by atoms with E-state index in [9.17, 15) is 0 Å². The highest BCUT2D eigenvalue weighted by Crippen LogP contribution is 2.48. The standard InChI is InChI=1S/C68H46N2/c1-5-20-51(21-6-1)68(52-22-7-2-8-23-52,53-24-9-3-10-25-53)54-26-17-19-47(42-54)46-32-36-56(37-33-46)70-66-41-35-49(44-62(66)60-39-38-58-57-29-14-13-18-50(57)45-63(58)67(60)70)48-34-40-65-61(43-48)59-30-15-16-31-64(59)69(65)55-27-11-4-12-28-55/h1-44H,45H2. The van der Waals surface area contributed by atoms with Crippen molar-refractivity contribution in [3.63, 3.8) is 0 Å². The number of nitrogens with zero attached hydrogens (tertiary/aromatic N) is 2. The predicted molar refractivity (Wildman–Crippen MR) is 293 cm³/mol. The van der Waals surface area contributed by atoms with E-state index < -0.39 is 5.41 Å². The maximum atomic E-state index is 2.53. The number of aromatic nitrogens is 2. The van der Waals surface area contributed by atoms with Crippen LogP contribution in [0.25, 0.3) is 88.4 Å². The van der Waals surface area contributed by atoms with Crippen LogP contribution in [0.1, 0.15) is 33.4 Å². The van der Waals surface area contributed by atoms with Gasteiger partial charge in [-0.25, -0.2) is 0 Å². The summed E-state index contributed by atoms with van der Waals surface area (Å²) in [6.45, 7) is 0. The van der Waals surface area contributed by atoms with Crippen LogP contribution < -0.4 is 0 Å². The van der Waals surface area contributed by atoms with Gasteiger partial charge in [-0.1, -0.05) is 206 Å². The Morgan fingerprint density at radius 3 is 1.46 bits per heavy atom. The van der Waals surface area contributed by atoms with Gasteiger partial charge >= 0.3 is 0 Å². The van der Waals surface area contributed by atoms with Crippen LogP contribution in [0.3, 0.4) is 0 Å². The zero-order valence-electron chi connectivity index (χ0n) is 38.5. The minimum Gasteiger partial charge on any atom is -0.309 e. The molecular formula is C68H46N2. The summed E-state index contributed by atoms with van der Waals surface area (Å²) in [7, 11) is 0. The molecule has 14 rings (SSSR count). The van der Waals surface area contributed by atoms with E-state index in [1.54, 1.807) is 0 Å². The molecule has 0 saturated heterocycles. The first kappa shape index (κ1) is 40.1. The second-order valence-corrected chi connectivity index (χ2v) is 18.8. The maximum Gasteiger partial charge on any atom is 0.0701 e. The quantitative estimate of drug-likeness (QED) is 0.135. The first-order valence-corrected chi connectivity index (χ1v) is 24.4. The number of benzene rings is 11. The zero-order valence-corrected chi connectivity index (χ0v) is 38.5. The van der Waals surface area contributed by atoms with Crippen molar-refractivity contribution in [2.24, 2.45) is 0 Å². The molecule has 1 aliphatic rings. The topological polar surface area (TPSA) is 9.86 Å². The van der Waals surface area contributed by atoms with Crippen molar-refractivity contribution < 1.29 is 0 Å². The maximum absolute atomic E-state index is 2.53. The summed E-state index contributed by atoms with van der Waals surface area (Å²) in [6, 6.07) is 98.6. The Bertz CT molecular complexity index is 4010. The van der Waals surface area contributed by atoms with Gasteiger partial charge in [0.05, 0.1) is 27.5 Å². The normalized spacial score (nSPS) is 12.2. The summed E-state index contributed by atoms with van der Waals surface area (Å²) >= 11 is 0. The third kappa shape index (κ3) is 6.13. The fourth-order valence-corrected chi connectivity index (χ4v) is 12.0. The molecule has 328 valence electrons. The Hall–Kier alpha value is -8.98. The van der Waals surface area contributed by atoms with Crippen LogP contribution in [0.5, 0.6) is 0 Å². The van der Waals surface area contributed by atoms with Crippen LogP contribution in [-0.2, 0) is 11.8 Å². The second kappa shape index (κ2) is 16.1. The van der Waals surface area contributed by atoms with E-state index in [-0.39, 0.29) is 0 Å². The largest absolute Gasteiger partial charge is 0.309 e. The van der Waals surface area contributed by atoms with Crippen molar-refractivity contribution in [1.29, 1.82) is 0 Å². The summed E-state index contributed by atoms with van der Waals surface area (Å²) < 4.78 is 4.92. The summed E-state index contributed by atoms with van der Waals surface area (Å²) in [5.74, 6) is 0. The van der Waals surface area contributed by atoms with Crippen molar-refractivity contribution in [2.45, 2.75) is 11.8 Å². The van der Waals surface area contributed by atoms with Crippen molar-refractivity contribution >= 4 is 43.6 Å². The highest BCUT2D eigenvalue weighted by atomic mass is 15.0. The van der Waals surface area contributed by atoms with Crippen LogP contribution in [0.2, 0.25) is 0 Å². The second-order valence-electron chi connectivity index (χ2n) is 18.8. The van der Waals surface area contributed by atoms with Gasteiger partial charge in [0.15, 0.2) is 0 Å². The van der Waals surface area contributed by atoms with Crippen molar-refractivity contribution in [1.82, 2.24) is 9.13 Å². The number of fused-ring (bicyclic) bond motifs is 10. The molecule has 0 fully saturated rings. The lowest BCUT2D eigenvalue weighted by molar-refractivity contribution is 0.745. The summed E-state index contributed by atoms with van der Waals surface area (Å²) in [5.41, 5.74) is 21.9. The molecule has 0 spiro atoms. The molecule has 1 aliphatic carbocycles. The summed E-state index contributed by atoms with van der Waals surface area (Å²) in [6.07, 6.45) is 0.908. The number of hydrogen-bond donors (Lipinski definition) is 0. The van der Waals surface area contributed by atoms with E-state index in [4.69, 9.17) is 0 Å². The molecule has 0 amide bonds. The molecule has 0 N–H and O–H groups in total. The van der Waals surface area contributed by atoms with Crippen LogP contribution in [-0.4, -0.2) is 9.13 Å². The van der Waals surface area contributed by atoms with Crippen LogP contribution in [0.15, 0.2) is 267 Å². The average molecular weight is 891 g/mol. The van der Waals surface area contributed by atoms with Crippen LogP contribution in [0, 0.1) is 0 Å². The highest BCUT2D eigenvalue weighted by molar-refractivity contribution is 6.14. The smallest absolute Gasteiger partial charge is 0.0701 e. The molecule has 0 unspecified atom stereocenters. The third-order valence-electron chi connectivity index (χ3n) is 15.1. The van der Waals surface area contributed by atoms with Gasteiger partial charge < -0.3 is 9.13 Å². The molecule has 13 aromatic rings. The van der Waals surface area contributed by atoms with Gasteiger partial charge in [-0.3, -0.25) is 0 Å². The van der Waals surface area contributed by atoms with E-state index >= 15 is 0 Å². The molecule has 2 nitrogen and oxygen atoms in total. The molecule has 0 bridgehead atoms. The molecule has 2 aromatic heterocycles. The minimum absolute atomic E-state index is 0.522. The van der Waals surface area contributed by atoms with E-state index in [1.807, 2.05) is 0 Å². The first-order chi connectivity index (χ1) is 34.7. The van der Waals surface area contributed by atoms with Gasteiger partial charge in [0.2, 0.25) is 0 Å². The Balaban J connectivity index is 0.916. The van der Waals surface area contributed by atoms with E-state index in [2.05, 4.69) is 276 Å². The first-order valence-electron chi connectivity index (χ1n) is 24.4. The number of para-hydroxylation sites is 2. The lowest BCUT2D eigenvalue weighted by Crippen LogP contribution is -2.31. The van der Waals surface area contributed by atoms with Crippen LogP contribution >= 0.6 is 0 Å². The lowest BCUT2D eigenvalue weighted by Gasteiger charge is -2.37. The molecule has 0 saturated carbocycles. The summed E-state index contributed by atoms with van der Waals surface area (Å²) in [5, 5.41) is 5.05. The van der Waals surface area contributed by atoms with Crippen molar-refractivity contribution in [2.75, 3.05) is 0 Å². The highest BCUT2D eigenvalue weighted by Gasteiger charge is 2.38. The molecule has 0 aliphatic heterocycles. The average Bonchev–Trinajstić information content (AvgIpc) is 4.10. The molecule has 0 atom stereocenters. The van der Waals surface area contributed by atoms with Crippen molar-refractivity contribution in [3.05, 3.63) is 300 Å². The molecule has 70 heavy (non-hydrogen) atoms. The Morgan fingerprint density at radius 2 is 0.786 bits per heavy atom. The van der Waals surface area contributed by atoms with Gasteiger partial charge in [-0.2, -0.15) is 0 Å². The molecule has 11 aromatic carbocycles. The molecule has 2 heterocycles. The number of hydrogen-bond acceptors (Lipinski definition) is 0. The van der Waals surface area contributed by atoms with Gasteiger partial charge in [-0.05, 0) is 127 Å². The SMILES string of the molecule is c1ccc(-n2c3ccccc3c3cc(-c4ccc5c(c4)c4ccc6c(c4n5-c4ccc(-c5cccc(C(c7ccccc7)(c7ccccc7)c7ccccc7)c5)cc4)Cc4ccccc4-6)ccc32)cc1. The lowest BCUT2D eigenvalue weighted by atomic mass is 9.65. The zero-order chi connectivity index (χ0) is 46.2. The van der Waals surface area contributed by atoms with E-state index in [0.717, 1.165) is 12.1 Å². The minimum atomic E-state index is -0.522. The van der Waals surface area contributed by atoms with E-state index in [1.165, 1.54) is 116 Å². The fourth-order valence-electron chi connectivity index (χ4n) is 12.0. The Morgan fingerprint density at radius 1 is 0.286 bits per heavy atom. The third-order valence-corrected chi connectivity index (χ3v) is 15.1. The Labute approximate surface area is 407 Å². The van der Waals surface area contributed by atoms with Gasteiger partial charge in [-0.15, -0.1) is 0 Å². The van der Waals surface area contributed by atoms with Gasteiger partial charge in [0.25, 0.3) is 0 Å². The summed E-state index contributed by atoms with van der Waals surface area (Å²) in [4.78, 5) is 0. The number of rotatable bonds is 8. The fraction of sp³-hybridized carbons (Fsp3) is 0.0294. The molecule has 0 radical (unpaired) electrons. The molecule has 2 heteroatoms. The van der Waals surface area contributed by atoms with Crippen LogP contribution in [0.4, 0.5) is 0 Å². The van der Waals surface area contributed by atoms with Crippen molar-refractivity contribution in [3.8, 4) is 44.8 Å². The predicted octanol–water partition coefficient (Wildman–Crippen LogP) is 17.2. The van der Waals surface area contributed by atoms with Gasteiger partial charge in [0.1, 0.15) is 0 Å². The Kier molecular flexibility index (Phi) is 9.22. The van der Waals surface area contributed by atoms with E-state index in [0.29, 0.717) is 0 Å². The van der Waals surface area contributed by atoms with Gasteiger partial charge in [0, 0.05) is 39.3 Å².